The van der Waals surface area contributed by atoms with E-state index in [1.807, 2.05) is 54.1 Å². The number of nitrogens with zero attached hydrogens (tertiary/aromatic N) is 4. The average molecular weight is 532 g/mol. The van der Waals surface area contributed by atoms with Crippen LogP contribution in [0.3, 0.4) is 0 Å². The Hall–Kier alpha value is -2.62. The van der Waals surface area contributed by atoms with Gasteiger partial charge in [-0.05, 0) is 38.5 Å². The van der Waals surface area contributed by atoms with Crippen molar-refractivity contribution >= 4 is 29.9 Å². The lowest BCUT2D eigenvalue weighted by Crippen LogP contribution is -2.46. The highest BCUT2D eigenvalue weighted by Crippen LogP contribution is 2.25. The summed E-state index contributed by atoms with van der Waals surface area (Å²) < 4.78 is 8.10. The number of aromatic nitrogens is 3. The Morgan fingerprint density at radius 3 is 2.71 bits per heavy atom. The number of benzene rings is 2. The van der Waals surface area contributed by atoms with Gasteiger partial charge in [-0.25, -0.2) is 9.67 Å². The maximum absolute atomic E-state index is 6.10. The Morgan fingerprint density at radius 2 is 1.94 bits per heavy atom. The highest BCUT2D eigenvalue weighted by atomic mass is 127. The molecule has 164 valence electrons. The molecule has 7 nitrogen and oxygen atoms in total. The van der Waals surface area contributed by atoms with Crippen LogP contribution in [0.25, 0.3) is 0 Å². The minimum absolute atomic E-state index is 0. The van der Waals surface area contributed by atoms with Gasteiger partial charge in [0, 0.05) is 31.6 Å². The zero-order valence-corrected chi connectivity index (χ0v) is 20.5. The van der Waals surface area contributed by atoms with Crippen molar-refractivity contribution < 1.29 is 4.74 Å². The van der Waals surface area contributed by atoms with Crippen molar-refractivity contribution in [3.05, 3.63) is 71.3 Å². The normalized spacial score (nSPS) is 15.6. The Labute approximate surface area is 200 Å². The van der Waals surface area contributed by atoms with E-state index in [0.717, 1.165) is 54.1 Å². The molecule has 0 spiro atoms. The summed E-state index contributed by atoms with van der Waals surface area (Å²) in [6.45, 7) is 5.41. The predicted octanol–water partition coefficient (Wildman–Crippen LogP) is 3.99. The molecule has 1 unspecified atom stereocenters. The predicted molar refractivity (Wildman–Crippen MR) is 133 cm³/mol. The standard InChI is InChI=1S/C23H28N6O.HI/c1-16-8-11-20(12-9-16)30-21-7-5-4-6-18(21)14-25-23(24-3)27-19-10-13-22-26-17(2)28-29(22)15-19;/h4-9,11-12,19H,10,13-15H2,1-3H3,(H2,24,25,27);1H. The number of aliphatic imine (C=N–C) groups is 1. The minimum atomic E-state index is 0. The maximum Gasteiger partial charge on any atom is 0.191 e. The first-order chi connectivity index (χ1) is 14.6. The molecule has 1 atom stereocenters. The number of halogens is 1. The third kappa shape index (κ3) is 5.96. The molecular weight excluding hydrogens is 503 g/mol. The Bertz CT molecular complexity index is 1030. The molecule has 2 aromatic carbocycles. The number of hydrogen-bond acceptors (Lipinski definition) is 4. The van der Waals surface area contributed by atoms with Gasteiger partial charge in [-0.15, -0.1) is 24.0 Å². The van der Waals surface area contributed by atoms with E-state index >= 15 is 0 Å². The van der Waals surface area contributed by atoms with Crippen LogP contribution in [0.4, 0.5) is 0 Å². The highest BCUT2D eigenvalue weighted by Gasteiger charge is 2.21. The van der Waals surface area contributed by atoms with E-state index in [4.69, 9.17) is 4.74 Å². The van der Waals surface area contributed by atoms with Gasteiger partial charge in [-0.1, -0.05) is 35.9 Å². The van der Waals surface area contributed by atoms with Gasteiger partial charge in [0.15, 0.2) is 5.96 Å². The van der Waals surface area contributed by atoms with Crippen LogP contribution in [0.15, 0.2) is 53.5 Å². The Morgan fingerprint density at radius 1 is 1.16 bits per heavy atom. The molecule has 1 aliphatic heterocycles. The van der Waals surface area contributed by atoms with E-state index in [2.05, 4.69) is 38.7 Å². The van der Waals surface area contributed by atoms with E-state index < -0.39 is 0 Å². The van der Waals surface area contributed by atoms with Crippen molar-refractivity contribution in [3.63, 3.8) is 0 Å². The van der Waals surface area contributed by atoms with Gasteiger partial charge in [-0.3, -0.25) is 4.99 Å². The number of guanidine groups is 1. The molecule has 3 aromatic rings. The molecule has 0 bridgehead atoms. The summed E-state index contributed by atoms with van der Waals surface area (Å²) in [7, 11) is 1.79. The smallest absolute Gasteiger partial charge is 0.191 e. The summed E-state index contributed by atoms with van der Waals surface area (Å²) in [6.07, 6.45) is 1.93. The van der Waals surface area contributed by atoms with Crippen molar-refractivity contribution in [1.82, 2.24) is 25.4 Å². The molecular formula is C23H29IN6O. The summed E-state index contributed by atoms with van der Waals surface area (Å²) >= 11 is 0. The molecule has 31 heavy (non-hydrogen) atoms. The lowest BCUT2D eigenvalue weighted by Gasteiger charge is -2.25. The molecule has 2 heterocycles. The molecule has 8 heteroatoms. The molecule has 0 aliphatic carbocycles. The monoisotopic (exact) mass is 532 g/mol. The highest BCUT2D eigenvalue weighted by molar-refractivity contribution is 14.0. The van der Waals surface area contributed by atoms with Crippen LogP contribution >= 0.6 is 24.0 Å². The van der Waals surface area contributed by atoms with E-state index in [9.17, 15) is 0 Å². The van der Waals surface area contributed by atoms with Crippen LogP contribution in [0, 0.1) is 13.8 Å². The van der Waals surface area contributed by atoms with Gasteiger partial charge >= 0.3 is 0 Å². The van der Waals surface area contributed by atoms with Gasteiger partial charge in [0.25, 0.3) is 0 Å². The summed E-state index contributed by atoms with van der Waals surface area (Å²) in [5.41, 5.74) is 2.28. The number of hydrogen-bond donors (Lipinski definition) is 2. The van der Waals surface area contributed by atoms with Gasteiger partial charge in [0.1, 0.15) is 23.1 Å². The van der Waals surface area contributed by atoms with Crippen LogP contribution in [0.2, 0.25) is 0 Å². The van der Waals surface area contributed by atoms with Gasteiger partial charge in [0.2, 0.25) is 0 Å². The van der Waals surface area contributed by atoms with Gasteiger partial charge in [0.05, 0.1) is 6.54 Å². The van der Waals surface area contributed by atoms with Crippen LogP contribution in [0.5, 0.6) is 11.5 Å². The van der Waals surface area contributed by atoms with Gasteiger partial charge in [-0.2, -0.15) is 5.10 Å². The van der Waals surface area contributed by atoms with Crippen LogP contribution < -0.4 is 15.4 Å². The van der Waals surface area contributed by atoms with Gasteiger partial charge < -0.3 is 15.4 Å². The summed E-state index contributed by atoms with van der Waals surface area (Å²) in [5, 5.41) is 11.4. The van der Waals surface area contributed by atoms with E-state index in [0.29, 0.717) is 6.54 Å². The lowest BCUT2D eigenvalue weighted by atomic mass is 10.1. The van der Waals surface area contributed by atoms with Crippen molar-refractivity contribution in [2.75, 3.05) is 7.05 Å². The topological polar surface area (TPSA) is 76.4 Å². The first kappa shape index (κ1) is 23.1. The largest absolute Gasteiger partial charge is 0.457 e. The fourth-order valence-corrected chi connectivity index (χ4v) is 3.60. The molecule has 2 N–H and O–H groups in total. The van der Waals surface area contributed by atoms with Crippen molar-refractivity contribution in [3.8, 4) is 11.5 Å². The maximum atomic E-state index is 6.10. The number of fused-ring (bicyclic) bond motifs is 1. The summed E-state index contributed by atoms with van der Waals surface area (Å²) in [6, 6.07) is 16.4. The molecule has 0 amide bonds. The van der Waals surface area contributed by atoms with E-state index in [1.165, 1.54) is 5.56 Å². The lowest BCUT2D eigenvalue weighted by molar-refractivity contribution is 0.392. The van der Waals surface area contributed by atoms with E-state index in [-0.39, 0.29) is 30.0 Å². The SMILES string of the molecule is CN=C(NCc1ccccc1Oc1ccc(C)cc1)NC1CCc2nc(C)nn2C1.I. The Balaban J connectivity index is 0.00000272. The number of aryl methyl sites for hydroxylation is 3. The fraction of sp³-hybridized carbons (Fsp3) is 0.348. The fourth-order valence-electron chi connectivity index (χ4n) is 3.60. The van der Waals surface area contributed by atoms with Crippen LogP contribution in [0.1, 0.15) is 29.2 Å². The second kappa shape index (κ2) is 10.6. The van der Waals surface area contributed by atoms with Crippen LogP contribution in [-0.4, -0.2) is 33.8 Å². The van der Waals surface area contributed by atoms with Crippen LogP contribution in [-0.2, 0) is 19.5 Å². The number of rotatable bonds is 5. The molecule has 0 saturated carbocycles. The molecule has 1 aromatic heterocycles. The first-order valence-corrected chi connectivity index (χ1v) is 10.3. The van der Waals surface area contributed by atoms with Crippen molar-refractivity contribution in [1.29, 1.82) is 0 Å². The quantitative estimate of drug-likeness (QED) is 0.296. The molecule has 1 aliphatic rings. The average Bonchev–Trinajstić information content (AvgIpc) is 3.13. The molecule has 0 saturated heterocycles. The number of para-hydroxylation sites is 1. The second-order valence-electron chi connectivity index (χ2n) is 7.59. The van der Waals surface area contributed by atoms with Crippen molar-refractivity contribution in [2.45, 2.75) is 45.8 Å². The second-order valence-corrected chi connectivity index (χ2v) is 7.59. The summed E-state index contributed by atoms with van der Waals surface area (Å²) in [5.74, 6) is 4.33. The zero-order chi connectivity index (χ0) is 20.9. The molecule has 0 fully saturated rings. The third-order valence-electron chi connectivity index (χ3n) is 5.20. The zero-order valence-electron chi connectivity index (χ0n) is 18.1. The van der Waals surface area contributed by atoms with Crippen molar-refractivity contribution in [2.24, 2.45) is 4.99 Å². The third-order valence-corrected chi connectivity index (χ3v) is 5.20. The minimum Gasteiger partial charge on any atom is -0.457 e. The summed E-state index contributed by atoms with van der Waals surface area (Å²) in [4.78, 5) is 8.86. The number of nitrogens with one attached hydrogen (secondary N) is 2. The molecule has 4 rings (SSSR count). The molecule has 0 radical (unpaired) electrons. The van der Waals surface area contributed by atoms with E-state index in [1.54, 1.807) is 7.05 Å². The first-order valence-electron chi connectivity index (χ1n) is 10.3. The Kier molecular flexibility index (Phi) is 7.89. The number of ether oxygens (including phenoxy) is 1.